The van der Waals surface area contributed by atoms with E-state index in [2.05, 4.69) is 25.1 Å². The number of fused-ring (bicyclic) bond motifs is 2. The molecule has 182 valence electrons. The molecule has 0 aliphatic carbocycles. The number of nitrogens with one attached hydrogen (secondary N) is 1. The Morgan fingerprint density at radius 2 is 1.69 bits per heavy atom. The van der Waals surface area contributed by atoms with Crippen molar-refractivity contribution >= 4 is 39.7 Å². The van der Waals surface area contributed by atoms with E-state index in [0.29, 0.717) is 22.9 Å². The maximum absolute atomic E-state index is 12.1. The van der Waals surface area contributed by atoms with E-state index in [9.17, 15) is 9.90 Å². The normalized spacial score (nSPS) is 14.0. The van der Waals surface area contributed by atoms with Gasteiger partial charge < -0.3 is 24.8 Å². The Bertz CT molecular complexity index is 1550. The molecule has 36 heavy (non-hydrogen) atoms. The zero-order valence-electron chi connectivity index (χ0n) is 19.7. The second-order valence-electron chi connectivity index (χ2n) is 8.66. The third-order valence-corrected chi connectivity index (χ3v) is 6.49. The SMILES string of the molecule is CNC(=O)Cn1cnc2c(-n3cnc4ccccc43)nc(N3CCN(c4ccc(O)cc4)CC3)nc21. The number of aromatic nitrogens is 6. The first-order valence-corrected chi connectivity index (χ1v) is 11.8. The third kappa shape index (κ3) is 3.84. The van der Waals surface area contributed by atoms with E-state index in [0.717, 1.165) is 42.9 Å². The second-order valence-corrected chi connectivity index (χ2v) is 8.66. The van der Waals surface area contributed by atoms with Gasteiger partial charge in [-0.15, -0.1) is 0 Å². The average molecular weight is 484 g/mol. The molecule has 1 amide bonds. The molecule has 0 unspecified atom stereocenters. The number of carbonyl (C=O) groups is 1. The van der Waals surface area contributed by atoms with E-state index in [-0.39, 0.29) is 18.2 Å². The first-order chi connectivity index (χ1) is 17.6. The van der Waals surface area contributed by atoms with Gasteiger partial charge in [-0.2, -0.15) is 9.97 Å². The molecule has 0 spiro atoms. The number of anilines is 2. The summed E-state index contributed by atoms with van der Waals surface area (Å²) in [5.41, 5.74) is 4.04. The molecule has 2 aromatic carbocycles. The minimum absolute atomic E-state index is 0.113. The minimum Gasteiger partial charge on any atom is -0.508 e. The highest BCUT2D eigenvalue weighted by molar-refractivity contribution is 5.86. The third-order valence-electron chi connectivity index (χ3n) is 6.49. The van der Waals surface area contributed by atoms with Crippen LogP contribution in [-0.2, 0) is 11.3 Å². The van der Waals surface area contributed by atoms with Crippen LogP contribution in [0.25, 0.3) is 28.0 Å². The van der Waals surface area contributed by atoms with Crippen LogP contribution in [0.2, 0.25) is 0 Å². The van der Waals surface area contributed by atoms with Gasteiger partial charge in [0.05, 0.1) is 17.4 Å². The van der Waals surface area contributed by atoms with Crippen LogP contribution >= 0.6 is 0 Å². The number of hydrogen-bond donors (Lipinski definition) is 2. The summed E-state index contributed by atoms with van der Waals surface area (Å²) in [4.78, 5) is 35.5. The Labute approximate surface area is 206 Å². The van der Waals surface area contributed by atoms with Crippen molar-refractivity contribution < 1.29 is 9.90 Å². The summed E-state index contributed by atoms with van der Waals surface area (Å²) >= 11 is 0. The zero-order chi connectivity index (χ0) is 24.6. The maximum Gasteiger partial charge on any atom is 0.239 e. The predicted molar refractivity (Wildman–Crippen MR) is 137 cm³/mol. The number of carbonyl (C=O) groups excluding carboxylic acids is 1. The monoisotopic (exact) mass is 483 g/mol. The Kier molecular flexibility index (Phi) is 5.36. The second kappa shape index (κ2) is 8.84. The van der Waals surface area contributed by atoms with Crippen LogP contribution in [0.5, 0.6) is 5.75 Å². The van der Waals surface area contributed by atoms with Gasteiger partial charge in [-0.3, -0.25) is 9.36 Å². The van der Waals surface area contributed by atoms with Crippen LogP contribution in [0.4, 0.5) is 11.6 Å². The molecule has 2 N–H and O–H groups in total. The van der Waals surface area contributed by atoms with Crippen LogP contribution in [0.1, 0.15) is 0 Å². The summed E-state index contributed by atoms with van der Waals surface area (Å²) in [5.74, 6) is 1.33. The molecule has 0 radical (unpaired) electrons. The van der Waals surface area contributed by atoms with Gasteiger partial charge in [-0.05, 0) is 36.4 Å². The molecule has 4 heterocycles. The molecule has 6 rings (SSSR count). The van der Waals surface area contributed by atoms with Crippen LogP contribution in [0.3, 0.4) is 0 Å². The van der Waals surface area contributed by atoms with Gasteiger partial charge in [0.2, 0.25) is 11.9 Å². The number of likely N-dealkylation sites (N-methyl/N-ethyl adjacent to an activating group) is 1. The lowest BCUT2D eigenvalue weighted by Gasteiger charge is -2.36. The van der Waals surface area contributed by atoms with E-state index in [1.165, 1.54) is 0 Å². The molecule has 1 aliphatic rings. The number of benzene rings is 2. The molecular formula is C25H25N9O2. The molecule has 1 fully saturated rings. The summed E-state index contributed by atoms with van der Waals surface area (Å²) in [7, 11) is 1.61. The number of nitrogens with zero attached hydrogens (tertiary/aromatic N) is 8. The molecule has 0 saturated carbocycles. The Morgan fingerprint density at radius 3 is 2.47 bits per heavy atom. The van der Waals surface area contributed by atoms with Gasteiger partial charge in [0.1, 0.15) is 18.6 Å². The number of phenols is 1. The highest BCUT2D eigenvalue weighted by Gasteiger charge is 2.24. The summed E-state index contributed by atoms with van der Waals surface area (Å²) < 4.78 is 3.67. The number of para-hydroxylation sites is 2. The van der Waals surface area contributed by atoms with E-state index >= 15 is 0 Å². The van der Waals surface area contributed by atoms with Crippen molar-refractivity contribution in [2.45, 2.75) is 6.54 Å². The molecule has 11 heteroatoms. The van der Waals surface area contributed by atoms with Crippen molar-refractivity contribution in [3.8, 4) is 11.6 Å². The van der Waals surface area contributed by atoms with Crippen molar-refractivity contribution in [3.05, 3.63) is 61.2 Å². The highest BCUT2D eigenvalue weighted by atomic mass is 16.3. The Morgan fingerprint density at radius 1 is 0.944 bits per heavy atom. The molecule has 5 aromatic rings. The maximum atomic E-state index is 12.1. The van der Waals surface area contributed by atoms with Gasteiger partial charge in [-0.25, -0.2) is 9.97 Å². The summed E-state index contributed by atoms with van der Waals surface area (Å²) in [6, 6.07) is 15.1. The van der Waals surface area contributed by atoms with Gasteiger partial charge in [0, 0.05) is 38.9 Å². The van der Waals surface area contributed by atoms with Crippen LogP contribution in [0.15, 0.2) is 61.2 Å². The number of aromatic hydroxyl groups is 1. The van der Waals surface area contributed by atoms with Crippen molar-refractivity contribution in [2.24, 2.45) is 0 Å². The number of amides is 1. The zero-order valence-corrected chi connectivity index (χ0v) is 19.7. The summed E-state index contributed by atoms with van der Waals surface area (Å²) in [5, 5.41) is 12.3. The lowest BCUT2D eigenvalue weighted by molar-refractivity contribution is -0.121. The van der Waals surface area contributed by atoms with E-state index < -0.39 is 0 Å². The first kappa shape index (κ1) is 21.8. The van der Waals surface area contributed by atoms with Gasteiger partial charge in [0.25, 0.3) is 0 Å². The van der Waals surface area contributed by atoms with Crippen LogP contribution in [-0.4, -0.2) is 73.3 Å². The quantitative estimate of drug-likeness (QED) is 0.390. The number of phenolic OH excluding ortho intramolecular Hbond substituents is 1. The van der Waals surface area contributed by atoms with Gasteiger partial charge in [0.15, 0.2) is 17.0 Å². The molecule has 0 bridgehead atoms. The predicted octanol–water partition coefficient (Wildman–Crippen LogP) is 1.94. The van der Waals surface area contributed by atoms with Crippen molar-refractivity contribution in [2.75, 3.05) is 43.0 Å². The Hall–Kier alpha value is -4.67. The van der Waals surface area contributed by atoms with E-state index in [4.69, 9.17) is 9.97 Å². The van der Waals surface area contributed by atoms with Crippen LogP contribution < -0.4 is 15.1 Å². The molecule has 11 nitrogen and oxygen atoms in total. The molecule has 3 aromatic heterocycles. The Balaban J connectivity index is 1.39. The van der Waals surface area contributed by atoms with E-state index in [1.807, 2.05) is 41.0 Å². The molecular weight excluding hydrogens is 458 g/mol. The van der Waals surface area contributed by atoms with Gasteiger partial charge in [-0.1, -0.05) is 12.1 Å². The molecule has 1 aliphatic heterocycles. The van der Waals surface area contributed by atoms with Crippen molar-refractivity contribution in [3.63, 3.8) is 0 Å². The first-order valence-electron chi connectivity index (χ1n) is 11.8. The van der Waals surface area contributed by atoms with E-state index in [1.54, 1.807) is 36.4 Å². The fraction of sp³-hybridized carbons (Fsp3) is 0.240. The highest BCUT2D eigenvalue weighted by Crippen LogP contribution is 2.27. The summed E-state index contributed by atoms with van der Waals surface area (Å²) in [6.45, 7) is 3.13. The number of rotatable bonds is 5. The fourth-order valence-electron chi connectivity index (χ4n) is 4.53. The smallest absolute Gasteiger partial charge is 0.239 e. The van der Waals surface area contributed by atoms with Crippen molar-refractivity contribution in [1.82, 2.24) is 34.4 Å². The lowest BCUT2D eigenvalue weighted by atomic mass is 10.2. The average Bonchev–Trinajstić information content (AvgIpc) is 3.53. The largest absolute Gasteiger partial charge is 0.508 e. The number of imidazole rings is 2. The van der Waals surface area contributed by atoms with Crippen molar-refractivity contribution in [1.29, 1.82) is 0 Å². The van der Waals surface area contributed by atoms with Gasteiger partial charge >= 0.3 is 0 Å². The number of hydrogen-bond acceptors (Lipinski definition) is 8. The standard InChI is InChI=1S/C25H25N9O2/c1-26-21(36)14-33-15-28-22-23(33)29-25(30-24(22)34-16-27-19-4-2-3-5-20(19)34)32-12-10-31(11-13-32)17-6-8-18(35)9-7-17/h2-9,15-16,35H,10-14H2,1H3,(H,26,36). The van der Waals surface area contributed by atoms with Crippen LogP contribution in [0, 0.1) is 0 Å². The topological polar surface area (TPSA) is 117 Å². The minimum atomic E-state index is -0.133. The molecule has 1 saturated heterocycles. The fourth-order valence-corrected chi connectivity index (χ4v) is 4.53. The lowest BCUT2D eigenvalue weighted by Crippen LogP contribution is -2.47. The summed E-state index contributed by atoms with van der Waals surface area (Å²) in [6.07, 6.45) is 3.38. The number of piperazine rings is 1. The molecule has 0 atom stereocenters.